The van der Waals surface area contributed by atoms with E-state index in [-0.39, 0.29) is 23.3 Å². The van der Waals surface area contributed by atoms with Crippen molar-refractivity contribution < 1.29 is 9.18 Å². The van der Waals surface area contributed by atoms with Gasteiger partial charge in [0.05, 0.1) is 23.6 Å². The van der Waals surface area contributed by atoms with Gasteiger partial charge >= 0.3 is 6.03 Å². The van der Waals surface area contributed by atoms with Crippen LogP contribution in [0, 0.1) is 11.7 Å². The molecule has 3 aromatic rings. The molecule has 2 aromatic carbocycles. The van der Waals surface area contributed by atoms with Gasteiger partial charge in [-0.3, -0.25) is 0 Å². The molecular weight excluding hydrogens is 489 g/mol. The molecule has 0 radical (unpaired) electrons. The largest absolute Gasteiger partial charge is 0.337 e. The highest BCUT2D eigenvalue weighted by Crippen LogP contribution is 2.60. The minimum atomic E-state index is -0.242. The van der Waals surface area contributed by atoms with Gasteiger partial charge in [0.25, 0.3) is 0 Å². The Balaban J connectivity index is 1.13. The quantitative estimate of drug-likeness (QED) is 0.461. The average Bonchev–Trinajstić information content (AvgIpc) is 3.54. The minimum Gasteiger partial charge on any atom is -0.337 e. The summed E-state index contributed by atoms with van der Waals surface area (Å²) in [6.07, 6.45) is 12.2. The Hall–Kier alpha value is -3.45. The lowest BCUT2D eigenvalue weighted by atomic mass is 9.58. The van der Waals surface area contributed by atoms with E-state index in [1.54, 1.807) is 12.1 Å². The van der Waals surface area contributed by atoms with Gasteiger partial charge in [-0.1, -0.05) is 36.3 Å². The van der Waals surface area contributed by atoms with Gasteiger partial charge in [-0.15, -0.1) is 0 Å². The number of nitrogens with zero attached hydrogens (tertiary/aromatic N) is 3. The van der Waals surface area contributed by atoms with Gasteiger partial charge < -0.3 is 15.5 Å². The summed E-state index contributed by atoms with van der Waals surface area (Å²) < 4.78 is 15.5. The van der Waals surface area contributed by atoms with Crippen molar-refractivity contribution in [1.29, 1.82) is 0 Å². The summed E-state index contributed by atoms with van der Waals surface area (Å²) in [5.74, 6) is 0.216. The van der Waals surface area contributed by atoms with Crippen molar-refractivity contribution in [3.8, 4) is 5.69 Å². The van der Waals surface area contributed by atoms with Crippen LogP contribution in [0.2, 0.25) is 0 Å². The highest BCUT2D eigenvalue weighted by Gasteiger charge is 2.54. The van der Waals surface area contributed by atoms with Crippen molar-refractivity contribution in [3.05, 3.63) is 88.5 Å². The fraction of sp³-hybridized carbons (Fsp3) is 0.438. The summed E-state index contributed by atoms with van der Waals surface area (Å²) in [5.41, 5.74) is 7.20. The molecular formula is C32H36FN5O. The fourth-order valence-corrected chi connectivity index (χ4v) is 7.74. The Morgan fingerprint density at radius 3 is 2.74 bits per heavy atom. The van der Waals surface area contributed by atoms with E-state index >= 15 is 0 Å². The molecule has 7 rings (SSSR count). The molecule has 0 bridgehead atoms. The maximum atomic E-state index is 13.5. The molecule has 6 nitrogen and oxygen atoms in total. The van der Waals surface area contributed by atoms with E-state index in [0.717, 1.165) is 56.7 Å². The number of carbonyl (C=O) groups excluding carboxylic acids is 1. The van der Waals surface area contributed by atoms with E-state index in [1.807, 2.05) is 10.9 Å². The lowest BCUT2D eigenvalue weighted by Gasteiger charge is -2.47. The first-order chi connectivity index (χ1) is 19.1. The minimum absolute atomic E-state index is 0.00879. The molecule has 3 aliphatic carbocycles. The Bertz CT molecular complexity index is 1410. The fourth-order valence-electron chi connectivity index (χ4n) is 7.74. The standard InChI is InChI=1S/C32H36FN5O/c33-25-10-12-26(13-11-25)38-30-19-24-9-8-23-18-29(36-31(39)34-14-17-37-15-4-1-5-16-37)27-6-2-3-7-28(27)32(23,24)20-22(30)21-35-38/h2-3,6-7,10-13,19,21,23,29H,1,4-5,8-9,14-18,20H2,(H2,34,36,39)/t23-,29?,32+/m1/s1. The number of piperidine rings is 1. The second-order valence-corrected chi connectivity index (χ2v) is 11.7. The third kappa shape index (κ3) is 4.27. The van der Waals surface area contributed by atoms with Gasteiger partial charge in [-0.25, -0.2) is 13.9 Å². The first-order valence-corrected chi connectivity index (χ1v) is 14.5. The third-order valence-electron chi connectivity index (χ3n) is 9.57. The zero-order valence-corrected chi connectivity index (χ0v) is 22.3. The molecule has 39 heavy (non-hydrogen) atoms. The van der Waals surface area contributed by atoms with E-state index in [1.165, 1.54) is 53.7 Å². The van der Waals surface area contributed by atoms with Crippen LogP contribution in [0.3, 0.4) is 0 Å². The number of aromatic nitrogens is 2. The number of likely N-dealkylation sites (tertiary alicyclic amines) is 1. The molecule has 1 unspecified atom stereocenters. The molecule has 2 N–H and O–H groups in total. The summed E-state index contributed by atoms with van der Waals surface area (Å²) >= 11 is 0. The topological polar surface area (TPSA) is 62.2 Å². The van der Waals surface area contributed by atoms with E-state index in [0.29, 0.717) is 12.5 Å². The highest BCUT2D eigenvalue weighted by atomic mass is 19.1. The summed E-state index contributed by atoms with van der Waals surface area (Å²) in [7, 11) is 0. The third-order valence-corrected chi connectivity index (χ3v) is 9.57. The van der Waals surface area contributed by atoms with Crippen LogP contribution in [0.1, 0.15) is 67.0 Å². The maximum absolute atomic E-state index is 13.5. The number of halogens is 1. The molecule has 7 heteroatoms. The number of urea groups is 1. The molecule has 3 atom stereocenters. The van der Waals surface area contributed by atoms with Crippen LogP contribution in [-0.2, 0) is 11.8 Å². The van der Waals surface area contributed by atoms with Gasteiger partial charge in [-0.2, -0.15) is 5.10 Å². The second kappa shape index (κ2) is 9.94. The van der Waals surface area contributed by atoms with E-state index in [4.69, 9.17) is 5.10 Å². The molecule has 2 heterocycles. The van der Waals surface area contributed by atoms with E-state index < -0.39 is 0 Å². The van der Waals surface area contributed by atoms with Crippen LogP contribution in [0.25, 0.3) is 11.8 Å². The van der Waals surface area contributed by atoms with Crippen molar-refractivity contribution in [2.45, 2.75) is 56.4 Å². The number of benzene rings is 2. The molecule has 2 fully saturated rings. The number of fused-ring (bicyclic) bond motifs is 2. The van der Waals surface area contributed by atoms with Crippen LogP contribution in [0.5, 0.6) is 0 Å². The Morgan fingerprint density at radius 1 is 1.08 bits per heavy atom. The van der Waals surface area contributed by atoms with E-state index in [9.17, 15) is 9.18 Å². The van der Waals surface area contributed by atoms with Crippen LogP contribution in [0.15, 0.2) is 60.3 Å². The predicted molar refractivity (Wildman–Crippen MR) is 150 cm³/mol. The number of carbonyl (C=O) groups is 1. The lowest BCUT2D eigenvalue weighted by molar-refractivity contribution is 0.212. The van der Waals surface area contributed by atoms with Crippen LogP contribution in [0.4, 0.5) is 9.18 Å². The van der Waals surface area contributed by atoms with Crippen molar-refractivity contribution in [2.75, 3.05) is 26.2 Å². The average molecular weight is 526 g/mol. The summed E-state index contributed by atoms with van der Waals surface area (Å²) in [4.78, 5) is 15.4. The molecule has 1 spiro atoms. The van der Waals surface area contributed by atoms with Gasteiger partial charge in [0.2, 0.25) is 0 Å². The maximum Gasteiger partial charge on any atom is 0.315 e. The predicted octanol–water partition coefficient (Wildman–Crippen LogP) is 5.53. The molecule has 1 aliphatic heterocycles. The molecule has 2 amide bonds. The van der Waals surface area contributed by atoms with Crippen molar-refractivity contribution in [1.82, 2.24) is 25.3 Å². The number of nitrogens with one attached hydrogen (secondary N) is 2. The number of hydrogen-bond acceptors (Lipinski definition) is 3. The van der Waals surface area contributed by atoms with Crippen molar-refractivity contribution in [3.63, 3.8) is 0 Å². The first-order valence-electron chi connectivity index (χ1n) is 14.5. The molecule has 1 saturated carbocycles. The van der Waals surface area contributed by atoms with Crippen LogP contribution < -0.4 is 10.6 Å². The SMILES string of the molecule is O=C(NCCN1CCCCC1)NC1C[C@H]2CCC3=Cc4c(cnn4-c4ccc(F)cc4)C[C@@]32c2ccccc21. The monoisotopic (exact) mass is 525 g/mol. The van der Waals surface area contributed by atoms with E-state index in [2.05, 4.69) is 45.9 Å². The Labute approximate surface area is 229 Å². The molecule has 4 aliphatic rings. The summed E-state index contributed by atoms with van der Waals surface area (Å²) in [5, 5.41) is 11.2. The highest BCUT2D eigenvalue weighted by molar-refractivity contribution is 5.75. The smallest absolute Gasteiger partial charge is 0.315 e. The number of allylic oxidation sites excluding steroid dienone is 1. The van der Waals surface area contributed by atoms with Gasteiger partial charge in [-0.05, 0) is 105 Å². The Kier molecular flexibility index (Phi) is 6.26. The van der Waals surface area contributed by atoms with Crippen LogP contribution >= 0.6 is 0 Å². The number of hydrogen-bond donors (Lipinski definition) is 2. The van der Waals surface area contributed by atoms with Crippen molar-refractivity contribution in [2.24, 2.45) is 5.92 Å². The second-order valence-electron chi connectivity index (χ2n) is 11.7. The summed E-state index contributed by atoms with van der Waals surface area (Å²) in [6.45, 7) is 3.89. The normalized spacial score (nSPS) is 25.6. The first kappa shape index (κ1) is 24.6. The van der Waals surface area contributed by atoms with Gasteiger partial charge in [0, 0.05) is 18.5 Å². The van der Waals surface area contributed by atoms with Crippen LogP contribution in [-0.4, -0.2) is 46.9 Å². The van der Waals surface area contributed by atoms with Crippen molar-refractivity contribution >= 4 is 12.1 Å². The molecule has 202 valence electrons. The zero-order valence-electron chi connectivity index (χ0n) is 22.3. The summed E-state index contributed by atoms with van der Waals surface area (Å²) in [6, 6.07) is 15.2. The van der Waals surface area contributed by atoms with Gasteiger partial charge in [0.1, 0.15) is 5.82 Å². The molecule has 1 aromatic heterocycles. The number of rotatable bonds is 5. The van der Waals surface area contributed by atoms with Gasteiger partial charge in [0.15, 0.2) is 0 Å². The Morgan fingerprint density at radius 2 is 1.90 bits per heavy atom. The number of amides is 2. The molecule has 1 saturated heterocycles. The zero-order chi connectivity index (χ0) is 26.4. The lowest BCUT2D eigenvalue weighted by Crippen LogP contribution is -2.47.